The second kappa shape index (κ2) is 9.78. The Bertz CT molecular complexity index is 1260. The van der Waals surface area contributed by atoms with Crippen molar-refractivity contribution in [3.63, 3.8) is 0 Å². The number of carbonyl (C=O) groups excluding carboxylic acids is 1. The first-order chi connectivity index (χ1) is 16.1. The summed E-state index contributed by atoms with van der Waals surface area (Å²) < 4.78 is 29.4. The topological polar surface area (TPSA) is 82.6 Å². The van der Waals surface area contributed by atoms with Crippen LogP contribution in [0.4, 0.5) is 10.1 Å². The van der Waals surface area contributed by atoms with Crippen molar-refractivity contribution >= 4 is 11.6 Å². The summed E-state index contributed by atoms with van der Waals surface area (Å²) in [4.78, 5) is 21.2. The summed E-state index contributed by atoms with van der Waals surface area (Å²) in [5.41, 5.74) is 1.63. The van der Waals surface area contributed by atoms with Crippen LogP contribution in [0, 0.1) is 5.82 Å². The molecule has 0 saturated carbocycles. The third-order valence-corrected chi connectivity index (χ3v) is 4.73. The van der Waals surface area contributed by atoms with Gasteiger partial charge in [0, 0.05) is 29.5 Å². The van der Waals surface area contributed by atoms with E-state index >= 15 is 0 Å². The maximum atomic E-state index is 13.1. The third kappa shape index (κ3) is 5.24. The molecule has 1 amide bonds. The Kier molecular flexibility index (Phi) is 6.45. The Morgan fingerprint density at radius 3 is 2.30 bits per heavy atom. The first kappa shape index (κ1) is 21.8. The van der Waals surface area contributed by atoms with Gasteiger partial charge < -0.3 is 19.5 Å². The lowest BCUT2D eigenvalue weighted by molar-refractivity contribution is 0.102. The van der Waals surface area contributed by atoms with E-state index in [-0.39, 0.29) is 11.7 Å². The number of benzene rings is 3. The lowest BCUT2D eigenvalue weighted by Crippen LogP contribution is -2.12. The number of methoxy groups -OCH3 is 2. The summed E-state index contributed by atoms with van der Waals surface area (Å²) in [6.45, 7) is 0. The van der Waals surface area contributed by atoms with E-state index in [4.69, 9.17) is 14.2 Å². The van der Waals surface area contributed by atoms with E-state index < -0.39 is 0 Å². The monoisotopic (exact) mass is 445 g/mol. The smallest absolute Gasteiger partial charge is 0.255 e. The van der Waals surface area contributed by atoms with Crippen LogP contribution in [-0.2, 0) is 0 Å². The van der Waals surface area contributed by atoms with Crippen LogP contribution in [0.5, 0.6) is 23.1 Å². The molecule has 8 heteroatoms. The molecule has 1 N–H and O–H groups in total. The predicted molar refractivity (Wildman–Crippen MR) is 121 cm³/mol. The zero-order valence-electron chi connectivity index (χ0n) is 17.9. The largest absolute Gasteiger partial charge is 0.497 e. The summed E-state index contributed by atoms with van der Waals surface area (Å²) >= 11 is 0. The van der Waals surface area contributed by atoms with Crippen LogP contribution in [0.1, 0.15) is 10.4 Å². The van der Waals surface area contributed by atoms with Gasteiger partial charge >= 0.3 is 0 Å². The number of nitrogens with one attached hydrogen (secondary N) is 1. The number of hydrogen-bond acceptors (Lipinski definition) is 6. The van der Waals surface area contributed by atoms with Crippen LogP contribution in [0.25, 0.3) is 11.4 Å². The number of nitrogens with zero attached hydrogens (tertiary/aromatic N) is 2. The van der Waals surface area contributed by atoms with E-state index in [2.05, 4.69) is 15.3 Å². The van der Waals surface area contributed by atoms with Crippen molar-refractivity contribution in [3.8, 4) is 34.5 Å². The Balaban J connectivity index is 1.45. The Morgan fingerprint density at radius 1 is 0.879 bits per heavy atom. The molecule has 4 rings (SSSR count). The molecular formula is C25H20FN3O4. The first-order valence-corrected chi connectivity index (χ1v) is 9.96. The molecule has 0 atom stereocenters. The van der Waals surface area contributed by atoms with Crippen molar-refractivity contribution in [1.29, 1.82) is 0 Å². The summed E-state index contributed by atoms with van der Waals surface area (Å²) in [6.07, 6.45) is 1.56. The van der Waals surface area contributed by atoms with Gasteiger partial charge in [0.25, 0.3) is 5.91 Å². The fourth-order valence-corrected chi connectivity index (χ4v) is 3.03. The lowest BCUT2D eigenvalue weighted by Gasteiger charge is -2.12. The van der Waals surface area contributed by atoms with Crippen LogP contribution < -0.4 is 19.5 Å². The van der Waals surface area contributed by atoms with Gasteiger partial charge in [-0.2, -0.15) is 4.98 Å². The maximum absolute atomic E-state index is 13.1. The first-order valence-electron chi connectivity index (χ1n) is 9.96. The zero-order valence-corrected chi connectivity index (χ0v) is 17.9. The van der Waals surface area contributed by atoms with E-state index in [9.17, 15) is 9.18 Å². The van der Waals surface area contributed by atoms with Crippen molar-refractivity contribution in [1.82, 2.24) is 9.97 Å². The Morgan fingerprint density at radius 2 is 1.61 bits per heavy atom. The SMILES string of the molecule is COc1ccc(NC(=O)c2ccc(Oc3ccnc(-c4ccc(F)cc4)n3)cc2)c(OC)c1. The quantitative estimate of drug-likeness (QED) is 0.413. The van der Waals surface area contributed by atoms with Crippen LogP contribution in [0.2, 0.25) is 0 Å². The van der Waals surface area contributed by atoms with Gasteiger partial charge in [0.2, 0.25) is 5.88 Å². The Labute approximate surface area is 189 Å². The van der Waals surface area contributed by atoms with Gasteiger partial charge in [-0.3, -0.25) is 4.79 Å². The molecule has 0 radical (unpaired) electrons. The van der Waals surface area contributed by atoms with E-state index in [1.807, 2.05) is 0 Å². The number of ether oxygens (including phenoxy) is 3. The zero-order chi connectivity index (χ0) is 23.2. The van der Waals surface area contributed by atoms with Crippen molar-refractivity contribution in [2.75, 3.05) is 19.5 Å². The van der Waals surface area contributed by atoms with E-state index in [0.717, 1.165) is 0 Å². The minimum Gasteiger partial charge on any atom is -0.497 e. The van der Waals surface area contributed by atoms with Gasteiger partial charge in [-0.05, 0) is 60.7 Å². The summed E-state index contributed by atoms with van der Waals surface area (Å²) in [6, 6.07) is 19.2. The standard InChI is InChI=1S/C25H20FN3O4/c1-31-20-11-12-21(22(15-20)32-2)28-25(30)17-5-9-19(10-6-17)33-23-13-14-27-24(29-23)16-3-7-18(26)8-4-16/h3-15H,1-2H3,(H,28,30). The fraction of sp³-hybridized carbons (Fsp3) is 0.0800. The van der Waals surface area contributed by atoms with Gasteiger partial charge in [-0.25, -0.2) is 9.37 Å². The molecular weight excluding hydrogens is 425 g/mol. The number of amides is 1. The Hall–Kier alpha value is -4.46. The third-order valence-electron chi connectivity index (χ3n) is 4.73. The van der Waals surface area contributed by atoms with E-state index in [0.29, 0.717) is 45.8 Å². The van der Waals surface area contributed by atoms with Crippen molar-refractivity contribution in [2.45, 2.75) is 0 Å². The van der Waals surface area contributed by atoms with Gasteiger partial charge in [-0.1, -0.05) is 0 Å². The van der Waals surface area contributed by atoms with E-state index in [1.165, 1.54) is 19.2 Å². The number of aromatic nitrogens is 2. The molecule has 0 spiro atoms. The van der Waals surface area contributed by atoms with Gasteiger partial charge in [0.15, 0.2) is 5.82 Å². The average molecular weight is 445 g/mol. The molecule has 0 fully saturated rings. The highest BCUT2D eigenvalue weighted by molar-refractivity contribution is 6.05. The predicted octanol–water partition coefficient (Wildman–Crippen LogP) is 5.34. The molecule has 1 aromatic heterocycles. The van der Waals surface area contributed by atoms with Crippen LogP contribution in [0.3, 0.4) is 0 Å². The molecule has 166 valence electrons. The molecule has 0 aliphatic heterocycles. The highest BCUT2D eigenvalue weighted by Gasteiger charge is 2.12. The van der Waals surface area contributed by atoms with Crippen molar-refractivity contribution in [2.24, 2.45) is 0 Å². The molecule has 0 bridgehead atoms. The summed E-state index contributed by atoms with van der Waals surface area (Å²) in [5, 5.41) is 2.82. The molecule has 3 aromatic carbocycles. The molecule has 0 aliphatic rings. The second-order valence-electron chi connectivity index (χ2n) is 6.87. The number of anilines is 1. The molecule has 1 heterocycles. The van der Waals surface area contributed by atoms with Gasteiger partial charge in [-0.15, -0.1) is 0 Å². The number of rotatable bonds is 7. The van der Waals surface area contributed by atoms with Crippen LogP contribution in [-0.4, -0.2) is 30.1 Å². The van der Waals surface area contributed by atoms with Crippen LogP contribution >= 0.6 is 0 Å². The lowest BCUT2D eigenvalue weighted by atomic mass is 10.2. The highest BCUT2D eigenvalue weighted by Crippen LogP contribution is 2.29. The minimum absolute atomic E-state index is 0.300. The number of carbonyl (C=O) groups is 1. The molecule has 0 unspecified atom stereocenters. The highest BCUT2D eigenvalue weighted by atomic mass is 19.1. The minimum atomic E-state index is -0.333. The van der Waals surface area contributed by atoms with Gasteiger partial charge in [0.1, 0.15) is 23.1 Å². The van der Waals surface area contributed by atoms with Crippen LogP contribution in [0.15, 0.2) is 79.0 Å². The van der Waals surface area contributed by atoms with Crippen molar-refractivity contribution in [3.05, 3.63) is 90.4 Å². The van der Waals surface area contributed by atoms with Crippen molar-refractivity contribution < 1.29 is 23.4 Å². The summed E-state index contributed by atoms with van der Waals surface area (Å²) in [5.74, 6) is 1.71. The second-order valence-corrected chi connectivity index (χ2v) is 6.87. The van der Waals surface area contributed by atoms with Gasteiger partial charge in [0.05, 0.1) is 19.9 Å². The molecule has 0 saturated heterocycles. The maximum Gasteiger partial charge on any atom is 0.255 e. The summed E-state index contributed by atoms with van der Waals surface area (Å²) in [7, 11) is 3.08. The fourth-order valence-electron chi connectivity index (χ4n) is 3.03. The normalized spacial score (nSPS) is 10.4. The molecule has 4 aromatic rings. The average Bonchev–Trinajstić information content (AvgIpc) is 2.85. The number of halogens is 1. The molecule has 33 heavy (non-hydrogen) atoms. The molecule has 7 nitrogen and oxygen atoms in total. The van der Waals surface area contributed by atoms with E-state index in [1.54, 1.807) is 74.0 Å². The molecule has 0 aliphatic carbocycles. The number of hydrogen-bond donors (Lipinski definition) is 1.